The third-order valence-electron chi connectivity index (χ3n) is 2.76. The van der Waals surface area contributed by atoms with E-state index in [4.69, 9.17) is 0 Å². The van der Waals surface area contributed by atoms with Crippen LogP contribution in [0.3, 0.4) is 0 Å². The maximum Gasteiger partial charge on any atom is 0.216 e. The molecule has 0 spiro atoms. The minimum Gasteiger partial charge on any atom is -0.388 e. The van der Waals surface area contributed by atoms with Crippen molar-refractivity contribution in [2.75, 3.05) is 6.54 Å². The lowest BCUT2D eigenvalue weighted by Crippen LogP contribution is -2.34. The van der Waals surface area contributed by atoms with E-state index in [0.717, 1.165) is 16.7 Å². The molecule has 0 aromatic heterocycles. The zero-order valence-electron chi connectivity index (χ0n) is 10.4. The highest BCUT2D eigenvalue weighted by Gasteiger charge is 2.21. The molecule has 4 nitrogen and oxygen atoms in total. The molecule has 0 heterocycles. The molecule has 0 radical (unpaired) electrons. The number of carbonyl (C=O) groups is 1. The molecule has 0 saturated heterocycles. The molecule has 0 fully saturated rings. The highest BCUT2D eigenvalue weighted by Crippen LogP contribution is 2.24. The number of aliphatic hydroxyl groups excluding tert-OH is 2. The summed E-state index contributed by atoms with van der Waals surface area (Å²) >= 11 is 0. The second-order valence-corrected chi connectivity index (χ2v) is 4.25. The average molecular weight is 237 g/mol. The van der Waals surface area contributed by atoms with Gasteiger partial charge in [0.2, 0.25) is 5.91 Å². The quantitative estimate of drug-likeness (QED) is 0.726. The smallest absolute Gasteiger partial charge is 0.216 e. The molecule has 1 rings (SSSR count). The highest BCUT2D eigenvalue weighted by atomic mass is 16.3. The Hall–Kier alpha value is -1.39. The topological polar surface area (TPSA) is 69.6 Å². The second kappa shape index (κ2) is 5.80. The zero-order chi connectivity index (χ0) is 13.0. The van der Waals surface area contributed by atoms with E-state index in [9.17, 15) is 15.0 Å². The first-order chi connectivity index (χ1) is 7.93. The third kappa shape index (κ3) is 3.54. The molecule has 2 atom stereocenters. The molecule has 0 bridgehead atoms. The molecule has 0 aliphatic heterocycles. The summed E-state index contributed by atoms with van der Waals surface area (Å²) in [5.41, 5.74) is 2.59. The van der Waals surface area contributed by atoms with Gasteiger partial charge >= 0.3 is 0 Å². The molecular weight excluding hydrogens is 218 g/mol. The molecular formula is C13H19NO3. The van der Waals surface area contributed by atoms with Crippen LogP contribution in [0.25, 0.3) is 0 Å². The molecule has 1 amide bonds. The third-order valence-corrected chi connectivity index (χ3v) is 2.76. The SMILES string of the molecule is CC(=O)NCC(O)C(O)c1c(C)cccc1C. The van der Waals surface area contributed by atoms with Crippen LogP contribution in [-0.4, -0.2) is 28.8 Å². The van der Waals surface area contributed by atoms with Gasteiger partial charge in [0, 0.05) is 13.5 Å². The fraction of sp³-hybridized carbons (Fsp3) is 0.462. The number of amides is 1. The Balaban J connectivity index is 2.81. The molecule has 17 heavy (non-hydrogen) atoms. The fourth-order valence-electron chi connectivity index (χ4n) is 1.85. The van der Waals surface area contributed by atoms with E-state index in [2.05, 4.69) is 5.32 Å². The van der Waals surface area contributed by atoms with Gasteiger partial charge in [-0.2, -0.15) is 0 Å². The van der Waals surface area contributed by atoms with Crippen LogP contribution in [-0.2, 0) is 4.79 Å². The lowest BCUT2D eigenvalue weighted by molar-refractivity contribution is -0.119. The van der Waals surface area contributed by atoms with Crippen molar-refractivity contribution in [3.63, 3.8) is 0 Å². The Kier molecular flexibility index (Phi) is 4.66. The van der Waals surface area contributed by atoms with E-state index in [1.165, 1.54) is 6.92 Å². The van der Waals surface area contributed by atoms with Crippen LogP contribution in [0.5, 0.6) is 0 Å². The van der Waals surface area contributed by atoms with Crippen LogP contribution in [0.2, 0.25) is 0 Å². The van der Waals surface area contributed by atoms with Crippen molar-refractivity contribution in [1.82, 2.24) is 5.32 Å². The van der Waals surface area contributed by atoms with Crippen molar-refractivity contribution >= 4 is 5.91 Å². The number of aliphatic hydroxyl groups is 2. The molecule has 2 unspecified atom stereocenters. The van der Waals surface area contributed by atoms with Crippen LogP contribution in [0.4, 0.5) is 0 Å². The minimum absolute atomic E-state index is 0.0459. The Morgan fingerprint density at radius 3 is 2.29 bits per heavy atom. The van der Waals surface area contributed by atoms with Gasteiger partial charge in [0.1, 0.15) is 12.2 Å². The van der Waals surface area contributed by atoms with Crippen molar-refractivity contribution in [2.45, 2.75) is 33.0 Å². The van der Waals surface area contributed by atoms with E-state index in [1.54, 1.807) is 0 Å². The zero-order valence-corrected chi connectivity index (χ0v) is 10.4. The summed E-state index contributed by atoms with van der Waals surface area (Å²) in [6.07, 6.45) is -1.98. The van der Waals surface area contributed by atoms with Gasteiger partial charge in [-0.05, 0) is 30.5 Å². The maximum atomic E-state index is 10.7. The molecule has 0 aliphatic carbocycles. The van der Waals surface area contributed by atoms with Crippen molar-refractivity contribution in [3.8, 4) is 0 Å². The summed E-state index contributed by atoms with van der Waals surface area (Å²) in [5, 5.41) is 22.4. The van der Waals surface area contributed by atoms with E-state index in [0.29, 0.717) is 0 Å². The Morgan fingerprint density at radius 2 is 1.82 bits per heavy atom. The maximum absolute atomic E-state index is 10.7. The van der Waals surface area contributed by atoms with Crippen molar-refractivity contribution in [1.29, 1.82) is 0 Å². The van der Waals surface area contributed by atoms with E-state index in [1.807, 2.05) is 32.0 Å². The summed E-state index contributed by atoms with van der Waals surface area (Å²) in [4.78, 5) is 10.7. The van der Waals surface area contributed by atoms with Crippen LogP contribution >= 0.6 is 0 Å². The Morgan fingerprint density at radius 1 is 1.29 bits per heavy atom. The van der Waals surface area contributed by atoms with Gasteiger partial charge in [-0.15, -0.1) is 0 Å². The number of rotatable bonds is 4. The minimum atomic E-state index is -1.00. The summed E-state index contributed by atoms with van der Waals surface area (Å²) in [7, 11) is 0. The lowest BCUT2D eigenvalue weighted by Gasteiger charge is -2.21. The first-order valence-corrected chi connectivity index (χ1v) is 5.60. The number of aryl methyl sites for hydroxylation is 2. The van der Waals surface area contributed by atoms with Crippen LogP contribution in [0, 0.1) is 13.8 Å². The van der Waals surface area contributed by atoms with Gasteiger partial charge in [-0.25, -0.2) is 0 Å². The number of hydrogen-bond donors (Lipinski definition) is 3. The van der Waals surface area contributed by atoms with Gasteiger partial charge < -0.3 is 15.5 Å². The van der Waals surface area contributed by atoms with E-state index >= 15 is 0 Å². The molecule has 1 aromatic rings. The first kappa shape index (κ1) is 13.7. The van der Waals surface area contributed by atoms with Gasteiger partial charge in [0.25, 0.3) is 0 Å². The predicted octanol–water partition coefficient (Wildman–Crippen LogP) is 0.834. The predicted molar refractivity (Wildman–Crippen MR) is 65.6 cm³/mol. The van der Waals surface area contributed by atoms with Crippen LogP contribution < -0.4 is 5.32 Å². The van der Waals surface area contributed by atoms with Crippen molar-refractivity contribution in [2.24, 2.45) is 0 Å². The second-order valence-electron chi connectivity index (χ2n) is 4.25. The van der Waals surface area contributed by atoms with Crippen LogP contribution in [0.1, 0.15) is 29.7 Å². The standard InChI is InChI=1S/C13H19NO3/c1-8-5-4-6-9(2)12(8)13(17)11(16)7-14-10(3)15/h4-6,11,13,16-17H,7H2,1-3H3,(H,14,15). The normalized spacial score (nSPS) is 14.2. The summed E-state index contributed by atoms with van der Waals surface area (Å²) < 4.78 is 0. The molecule has 3 N–H and O–H groups in total. The summed E-state index contributed by atoms with van der Waals surface area (Å²) in [6, 6.07) is 5.68. The summed E-state index contributed by atoms with van der Waals surface area (Å²) in [5.74, 6) is -0.224. The van der Waals surface area contributed by atoms with Gasteiger partial charge in [-0.3, -0.25) is 4.79 Å². The van der Waals surface area contributed by atoms with E-state index in [-0.39, 0.29) is 12.5 Å². The van der Waals surface area contributed by atoms with Crippen molar-refractivity contribution < 1.29 is 15.0 Å². The number of carbonyl (C=O) groups excluding carboxylic acids is 1. The van der Waals surface area contributed by atoms with Gasteiger partial charge in [0.15, 0.2) is 0 Å². The van der Waals surface area contributed by atoms with Gasteiger partial charge in [-0.1, -0.05) is 18.2 Å². The first-order valence-electron chi connectivity index (χ1n) is 5.60. The molecule has 1 aromatic carbocycles. The Labute approximate surface area is 101 Å². The number of benzene rings is 1. The number of nitrogens with one attached hydrogen (secondary N) is 1. The molecule has 0 saturated carbocycles. The Bertz CT molecular complexity index is 383. The summed E-state index contributed by atoms with van der Waals surface area (Å²) in [6.45, 7) is 5.19. The fourth-order valence-corrected chi connectivity index (χ4v) is 1.85. The molecule has 0 aliphatic rings. The van der Waals surface area contributed by atoms with E-state index < -0.39 is 12.2 Å². The number of hydrogen-bond acceptors (Lipinski definition) is 3. The van der Waals surface area contributed by atoms with Crippen molar-refractivity contribution in [3.05, 3.63) is 34.9 Å². The lowest BCUT2D eigenvalue weighted by atomic mass is 9.95. The largest absolute Gasteiger partial charge is 0.388 e. The molecule has 94 valence electrons. The highest BCUT2D eigenvalue weighted by molar-refractivity contribution is 5.72. The average Bonchev–Trinajstić information content (AvgIpc) is 2.25. The van der Waals surface area contributed by atoms with Gasteiger partial charge in [0.05, 0.1) is 0 Å². The molecule has 4 heteroatoms. The van der Waals surface area contributed by atoms with Crippen LogP contribution in [0.15, 0.2) is 18.2 Å². The monoisotopic (exact) mass is 237 g/mol.